The Hall–Kier alpha value is -5.92. The van der Waals surface area contributed by atoms with E-state index in [1.54, 1.807) is 0 Å². The van der Waals surface area contributed by atoms with E-state index in [0.717, 1.165) is 17.1 Å². The van der Waals surface area contributed by atoms with Crippen molar-refractivity contribution in [2.75, 3.05) is 4.90 Å². The number of para-hydroxylation sites is 1. The summed E-state index contributed by atoms with van der Waals surface area (Å²) in [5.74, 6) is 0. The van der Waals surface area contributed by atoms with Gasteiger partial charge < -0.3 is 4.90 Å². The van der Waals surface area contributed by atoms with Crippen molar-refractivity contribution in [1.82, 2.24) is 0 Å². The summed E-state index contributed by atoms with van der Waals surface area (Å²) in [6.45, 7) is 4.71. The van der Waals surface area contributed by atoms with E-state index in [1.807, 2.05) is 0 Å². The maximum Gasteiger partial charge on any atom is 0.0540 e. The Balaban J connectivity index is 1.25. The van der Waals surface area contributed by atoms with E-state index in [9.17, 15) is 0 Å². The standard InChI is InChI=1S/C47H35N/c1-47(2)42-21-9-7-19-41(42)46-40(20-12-22-43(46)47)39-18-8-10-23-45(39)48(44-24-11-16-34-14-5-6-17-38(34)44)37-29-27-33(28-30-37)36-26-25-32-13-3-4-15-35(32)31-36/h3-31H,1-2H3. The fourth-order valence-corrected chi connectivity index (χ4v) is 7.86. The molecule has 0 fully saturated rings. The van der Waals surface area contributed by atoms with Crippen molar-refractivity contribution in [2.45, 2.75) is 19.3 Å². The van der Waals surface area contributed by atoms with Gasteiger partial charge in [-0.1, -0.05) is 159 Å². The summed E-state index contributed by atoms with van der Waals surface area (Å²) >= 11 is 0. The van der Waals surface area contributed by atoms with E-state index in [4.69, 9.17) is 0 Å². The summed E-state index contributed by atoms with van der Waals surface area (Å²) in [4.78, 5) is 2.45. The van der Waals surface area contributed by atoms with Crippen LogP contribution in [0.2, 0.25) is 0 Å². The lowest BCUT2D eigenvalue weighted by Crippen LogP contribution is -2.15. The predicted molar refractivity (Wildman–Crippen MR) is 205 cm³/mol. The average molecular weight is 614 g/mol. The van der Waals surface area contributed by atoms with Crippen LogP contribution in [0, 0.1) is 0 Å². The fraction of sp³-hybridized carbons (Fsp3) is 0.0638. The highest BCUT2D eigenvalue weighted by molar-refractivity contribution is 6.03. The molecule has 0 amide bonds. The maximum atomic E-state index is 2.45. The first-order valence-corrected chi connectivity index (χ1v) is 16.8. The molecule has 228 valence electrons. The van der Waals surface area contributed by atoms with Crippen molar-refractivity contribution in [3.63, 3.8) is 0 Å². The molecule has 0 saturated heterocycles. The lowest BCUT2D eigenvalue weighted by molar-refractivity contribution is 0.660. The molecule has 0 heterocycles. The van der Waals surface area contributed by atoms with Gasteiger partial charge in [-0.05, 0) is 85.4 Å². The smallest absolute Gasteiger partial charge is 0.0540 e. The summed E-state index contributed by atoms with van der Waals surface area (Å²) in [7, 11) is 0. The Morgan fingerprint density at radius 3 is 1.83 bits per heavy atom. The van der Waals surface area contributed by atoms with E-state index in [2.05, 4.69) is 195 Å². The molecule has 1 heteroatoms. The van der Waals surface area contributed by atoms with Gasteiger partial charge in [0.15, 0.2) is 0 Å². The first-order chi connectivity index (χ1) is 23.6. The van der Waals surface area contributed by atoms with Gasteiger partial charge in [0.1, 0.15) is 0 Å². The topological polar surface area (TPSA) is 3.24 Å². The van der Waals surface area contributed by atoms with Crippen molar-refractivity contribution >= 4 is 38.6 Å². The van der Waals surface area contributed by atoms with E-state index in [-0.39, 0.29) is 5.41 Å². The Morgan fingerprint density at radius 1 is 0.396 bits per heavy atom. The quantitative estimate of drug-likeness (QED) is 0.187. The molecule has 48 heavy (non-hydrogen) atoms. The van der Waals surface area contributed by atoms with Crippen LogP contribution < -0.4 is 4.90 Å². The third kappa shape index (κ3) is 4.47. The monoisotopic (exact) mass is 613 g/mol. The van der Waals surface area contributed by atoms with Crippen molar-refractivity contribution in [1.29, 1.82) is 0 Å². The predicted octanol–water partition coefficient (Wildman–Crippen LogP) is 13.1. The number of fused-ring (bicyclic) bond motifs is 5. The zero-order valence-corrected chi connectivity index (χ0v) is 27.2. The van der Waals surface area contributed by atoms with Gasteiger partial charge >= 0.3 is 0 Å². The second-order valence-electron chi connectivity index (χ2n) is 13.4. The number of hydrogen-bond acceptors (Lipinski definition) is 1. The third-order valence-corrected chi connectivity index (χ3v) is 10.3. The lowest BCUT2D eigenvalue weighted by atomic mass is 9.82. The van der Waals surface area contributed by atoms with Crippen LogP contribution in [0.3, 0.4) is 0 Å². The van der Waals surface area contributed by atoms with Gasteiger partial charge in [-0.15, -0.1) is 0 Å². The minimum absolute atomic E-state index is 0.0647. The first kappa shape index (κ1) is 28.3. The average Bonchev–Trinajstić information content (AvgIpc) is 3.38. The largest absolute Gasteiger partial charge is 0.309 e. The Kier molecular flexibility index (Phi) is 6.55. The van der Waals surface area contributed by atoms with Crippen LogP contribution in [0.1, 0.15) is 25.0 Å². The molecule has 1 nitrogen and oxygen atoms in total. The summed E-state index contributed by atoms with van der Waals surface area (Å²) < 4.78 is 0. The van der Waals surface area contributed by atoms with Gasteiger partial charge in [0, 0.05) is 22.1 Å². The number of nitrogens with zero attached hydrogens (tertiary/aromatic N) is 1. The molecule has 9 rings (SSSR count). The van der Waals surface area contributed by atoms with Crippen LogP contribution in [-0.4, -0.2) is 0 Å². The molecule has 0 aliphatic heterocycles. The van der Waals surface area contributed by atoms with E-state index in [1.165, 1.54) is 66.1 Å². The molecule has 0 N–H and O–H groups in total. The van der Waals surface area contributed by atoms with Crippen molar-refractivity contribution in [3.8, 4) is 33.4 Å². The van der Waals surface area contributed by atoms with Crippen molar-refractivity contribution in [2.24, 2.45) is 0 Å². The van der Waals surface area contributed by atoms with Crippen LogP contribution >= 0.6 is 0 Å². The Bertz CT molecular complexity index is 2480. The summed E-state index contributed by atoms with van der Waals surface area (Å²) in [5, 5.41) is 4.96. The van der Waals surface area contributed by atoms with Gasteiger partial charge in [-0.2, -0.15) is 0 Å². The fourth-order valence-electron chi connectivity index (χ4n) is 7.86. The first-order valence-electron chi connectivity index (χ1n) is 16.8. The Labute approximate surface area is 282 Å². The van der Waals surface area contributed by atoms with Gasteiger partial charge in [0.05, 0.1) is 11.4 Å². The van der Waals surface area contributed by atoms with Crippen LogP contribution in [0.15, 0.2) is 176 Å². The molecule has 0 radical (unpaired) electrons. The highest BCUT2D eigenvalue weighted by Crippen LogP contribution is 2.54. The second-order valence-corrected chi connectivity index (χ2v) is 13.4. The van der Waals surface area contributed by atoms with E-state index >= 15 is 0 Å². The molecule has 0 atom stereocenters. The van der Waals surface area contributed by atoms with Crippen LogP contribution in [0.5, 0.6) is 0 Å². The van der Waals surface area contributed by atoms with Gasteiger partial charge in [0.2, 0.25) is 0 Å². The van der Waals surface area contributed by atoms with E-state index < -0.39 is 0 Å². The third-order valence-electron chi connectivity index (χ3n) is 10.3. The molecule has 0 spiro atoms. The molecular formula is C47H35N. The number of benzene rings is 8. The molecule has 1 aliphatic carbocycles. The SMILES string of the molecule is CC1(C)c2ccccc2-c2c(-c3ccccc3N(c3ccc(-c4ccc5ccccc5c4)cc3)c3cccc4ccccc34)cccc21. The molecule has 1 aliphatic rings. The van der Waals surface area contributed by atoms with Crippen molar-refractivity contribution < 1.29 is 0 Å². The zero-order chi connectivity index (χ0) is 32.2. The minimum Gasteiger partial charge on any atom is -0.309 e. The van der Waals surface area contributed by atoms with Crippen LogP contribution in [-0.2, 0) is 5.41 Å². The lowest BCUT2D eigenvalue weighted by Gasteiger charge is -2.30. The molecule has 0 unspecified atom stereocenters. The molecule has 0 saturated carbocycles. The highest BCUT2D eigenvalue weighted by Gasteiger charge is 2.37. The molecule has 0 bridgehead atoms. The molecule has 8 aromatic rings. The number of anilines is 3. The molecule has 0 aromatic heterocycles. The highest BCUT2D eigenvalue weighted by atomic mass is 15.1. The summed E-state index contributed by atoms with van der Waals surface area (Å²) in [6, 6.07) is 64.4. The van der Waals surface area contributed by atoms with Gasteiger partial charge in [-0.25, -0.2) is 0 Å². The van der Waals surface area contributed by atoms with Crippen LogP contribution in [0.25, 0.3) is 54.9 Å². The minimum atomic E-state index is -0.0647. The summed E-state index contributed by atoms with van der Waals surface area (Å²) in [5.41, 5.74) is 13.7. The molecular weight excluding hydrogens is 579 g/mol. The van der Waals surface area contributed by atoms with Crippen molar-refractivity contribution in [3.05, 3.63) is 187 Å². The number of rotatable bonds is 5. The normalized spacial score (nSPS) is 13.0. The maximum absolute atomic E-state index is 2.45. The van der Waals surface area contributed by atoms with E-state index in [0.29, 0.717) is 0 Å². The van der Waals surface area contributed by atoms with Crippen LogP contribution in [0.4, 0.5) is 17.1 Å². The van der Waals surface area contributed by atoms with Gasteiger partial charge in [-0.3, -0.25) is 0 Å². The number of hydrogen-bond donors (Lipinski definition) is 0. The van der Waals surface area contributed by atoms with Gasteiger partial charge in [0.25, 0.3) is 0 Å². The molecule has 8 aromatic carbocycles. The second kappa shape index (κ2) is 11.1. The Morgan fingerprint density at radius 2 is 0.979 bits per heavy atom. The summed E-state index contributed by atoms with van der Waals surface area (Å²) in [6.07, 6.45) is 0. The zero-order valence-electron chi connectivity index (χ0n) is 27.2.